The topological polar surface area (TPSA) is 40.6 Å². The second-order valence-corrected chi connectivity index (χ2v) is 7.57. The zero-order valence-electron chi connectivity index (χ0n) is 13.6. The van der Waals surface area contributed by atoms with Gasteiger partial charge in [-0.05, 0) is 42.0 Å². The maximum atomic E-state index is 12.5. The van der Waals surface area contributed by atoms with Gasteiger partial charge in [0.05, 0.1) is 6.42 Å². The van der Waals surface area contributed by atoms with Gasteiger partial charge in [-0.15, -0.1) is 23.1 Å². The van der Waals surface area contributed by atoms with E-state index in [1.807, 2.05) is 57.8 Å². The van der Waals surface area contributed by atoms with Crippen LogP contribution in [0, 0.1) is 0 Å². The first kappa shape index (κ1) is 17.0. The summed E-state index contributed by atoms with van der Waals surface area (Å²) in [5.74, 6) is 0.196. The van der Waals surface area contributed by atoms with Crippen molar-refractivity contribution in [1.82, 2.24) is 9.80 Å². The zero-order valence-corrected chi connectivity index (χ0v) is 15.2. The fourth-order valence-corrected chi connectivity index (χ4v) is 3.85. The fraction of sp³-hybridized carbons (Fsp3) is 0.333. The smallest absolute Gasteiger partial charge is 0.253 e. The monoisotopic (exact) mass is 360 g/mol. The molecule has 1 aromatic heterocycles. The Kier molecular flexibility index (Phi) is 5.58. The van der Waals surface area contributed by atoms with Gasteiger partial charge in [-0.3, -0.25) is 9.59 Å². The van der Waals surface area contributed by atoms with Gasteiger partial charge in [0.1, 0.15) is 0 Å². The van der Waals surface area contributed by atoms with E-state index in [1.165, 1.54) is 0 Å². The van der Waals surface area contributed by atoms with Crippen LogP contribution in [0.1, 0.15) is 15.2 Å². The highest BCUT2D eigenvalue weighted by atomic mass is 32.2. The lowest BCUT2D eigenvalue weighted by molar-refractivity contribution is -0.131. The van der Waals surface area contributed by atoms with Crippen LogP contribution < -0.4 is 0 Å². The van der Waals surface area contributed by atoms with Gasteiger partial charge in [0.2, 0.25) is 5.91 Å². The zero-order chi connectivity index (χ0) is 16.9. The Morgan fingerprint density at radius 3 is 2.29 bits per heavy atom. The highest BCUT2D eigenvalue weighted by molar-refractivity contribution is 7.98. The molecule has 3 rings (SSSR count). The second kappa shape index (κ2) is 7.85. The molecule has 2 amide bonds. The first-order chi connectivity index (χ1) is 11.7. The molecule has 24 heavy (non-hydrogen) atoms. The van der Waals surface area contributed by atoms with Crippen molar-refractivity contribution in [3.8, 4) is 0 Å². The van der Waals surface area contributed by atoms with Crippen LogP contribution >= 0.6 is 23.1 Å². The molecular weight excluding hydrogens is 340 g/mol. The molecule has 1 fully saturated rings. The molecule has 1 saturated heterocycles. The van der Waals surface area contributed by atoms with Crippen molar-refractivity contribution in [3.63, 3.8) is 0 Å². The largest absolute Gasteiger partial charge is 0.339 e. The molecule has 4 nitrogen and oxygen atoms in total. The van der Waals surface area contributed by atoms with Gasteiger partial charge in [0.25, 0.3) is 5.91 Å². The van der Waals surface area contributed by atoms with E-state index in [4.69, 9.17) is 0 Å². The van der Waals surface area contributed by atoms with Crippen molar-refractivity contribution < 1.29 is 9.59 Å². The number of nitrogens with zero attached hydrogens (tertiary/aromatic N) is 2. The van der Waals surface area contributed by atoms with E-state index in [2.05, 4.69) is 0 Å². The Morgan fingerprint density at radius 1 is 1.04 bits per heavy atom. The summed E-state index contributed by atoms with van der Waals surface area (Å²) in [6.45, 7) is 2.41. The number of benzene rings is 1. The number of carbonyl (C=O) groups excluding carboxylic acids is 2. The third kappa shape index (κ3) is 3.99. The van der Waals surface area contributed by atoms with Crippen LogP contribution in [-0.2, 0) is 11.2 Å². The van der Waals surface area contributed by atoms with Gasteiger partial charge in [0.15, 0.2) is 0 Å². The second-order valence-electron chi connectivity index (χ2n) is 5.66. The van der Waals surface area contributed by atoms with Gasteiger partial charge in [-0.2, -0.15) is 0 Å². The van der Waals surface area contributed by atoms with E-state index in [-0.39, 0.29) is 11.8 Å². The number of hydrogen-bond acceptors (Lipinski definition) is 4. The maximum Gasteiger partial charge on any atom is 0.253 e. The van der Waals surface area contributed by atoms with Crippen LogP contribution in [0.5, 0.6) is 0 Å². The quantitative estimate of drug-likeness (QED) is 0.787. The van der Waals surface area contributed by atoms with Crippen LogP contribution in [0.15, 0.2) is 46.7 Å². The number of amides is 2. The molecule has 0 spiro atoms. The standard InChI is InChI=1S/C18H20N2O2S2/c1-23-15-6-4-14(5-7-15)18(22)20-10-8-19(9-11-20)17(21)13-16-3-2-12-24-16/h2-7,12H,8-11,13H2,1H3. The highest BCUT2D eigenvalue weighted by Gasteiger charge is 2.24. The van der Waals surface area contributed by atoms with Crippen LogP contribution in [0.4, 0.5) is 0 Å². The van der Waals surface area contributed by atoms with Crippen molar-refractivity contribution in [1.29, 1.82) is 0 Å². The summed E-state index contributed by atoms with van der Waals surface area (Å²) in [4.78, 5) is 30.8. The molecule has 1 aromatic carbocycles. The van der Waals surface area contributed by atoms with E-state index in [9.17, 15) is 9.59 Å². The summed E-state index contributed by atoms with van der Waals surface area (Å²) in [6.07, 6.45) is 2.48. The number of piperazine rings is 1. The Morgan fingerprint density at radius 2 is 1.71 bits per heavy atom. The lowest BCUT2D eigenvalue weighted by Gasteiger charge is -2.34. The SMILES string of the molecule is CSc1ccc(C(=O)N2CCN(C(=O)Cc3cccs3)CC2)cc1. The predicted molar refractivity (Wildman–Crippen MR) is 98.7 cm³/mol. The molecule has 1 aliphatic rings. The van der Waals surface area contributed by atoms with Crippen molar-refractivity contribution in [2.45, 2.75) is 11.3 Å². The van der Waals surface area contributed by atoms with Gasteiger partial charge >= 0.3 is 0 Å². The third-order valence-corrected chi connectivity index (χ3v) is 5.78. The van der Waals surface area contributed by atoms with Crippen molar-refractivity contribution >= 4 is 34.9 Å². The van der Waals surface area contributed by atoms with Crippen LogP contribution in [0.3, 0.4) is 0 Å². The van der Waals surface area contributed by atoms with Gasteiger partial charge in [-0.1, -0.05) is 6.07 Å². The normalized spacial score (nSPS) is 14.7. The molecule has 0 saturated carbocycles. The van der Waals surface area contributed by atoms with Gasteiger partial charge < -0.3 is 9.80 Å². The van der Waals surface area contributed by atoms with E-state index >= 15 is 0 Å². The molecule has 0 N–H and O–H groups in total. The Hall–Kier alpha value is -1.79. The first-order valence-electron chi connectivity index (χ1n) is 7.91. The molecule has 1 aliphatic heterocycles. The molecule has 0 aliphatic carbocycles. The summed E-state index contributed by atoms with van der Waals surface area (Å²) in [5.41, 5.74) is 0.714. The molecular formula is C18H20N2O2S2. The molecule has 6 heteroatoms. The van der Waals surface area contributed by atoms with E-state index in [0.717, 1.165) is 9.77 Å². The summed E-state index contributed by atoms with van der Waals surface area (Å²) in [7, 11) is 0. The summed E-state index contributed by atoms with van der Waals surface area (Å²) < 4.78 is 0. The van der Waals surface area contributed by atoms with E-state index in [1.54, 1.807) is 23.1 Å². The van der Waals surface area contributed by atoms with Gasteiger partial charge in [-0.25, -0.2) is 0 Å². The van der Waals surface area contributed by atoms with E-state index < -0.39 is 0 Å². The predicted octanol–water partition coefficient (Wildman–Crippen LogP) is 3.00. The highest BCUT2D eigenvalue weighted by Crippen LogP contribution is 2.17. The lowest BCUT2D eigenvalue weighted by Crippen LogP contribution is -2.50. The van der Waals surface area contributed by atoms with Crippen molar-refractivity contribution in [2.24, 2.45) is 0 Å². The summed E-state index contributed by atoms with van der Waals surface area (Å²) in [6, 6.07) is 11.6. The maximum absolute atomic E-state index is 12.5. The van der Waals surface area contributed by atoms with Gasteiger partial charge in [0, 0.05) is 41.5 Å². The molecule has 2 heterocycles. The minimum absolute atomic E-state index is 0.0491. The first-order valence-corrected chi connectivity index (χ1v) is 10.0. The minimum Gasteiger partial charge on any atom is -0.339 e. The minimum atomic E-state index is 0.0491. The lowest BCUT2D eigenvalue weighted by atomic mass is 10.1. The third-order valence-electron chi connectivity index (χ3n) is 4.16. The average molecular weight is 361 g/mol. The molecule has 126 valence electrons. The molecule has 0 bridgehead atoms. The molecule has 0 radical (unpaired) electrons. The molecule has 2 aromatic rings. The molecule has 0 atom stereocenters. The average Bonchev–Trinajstić information content (AvgIpc) is 3.14. The van der Waals surface area contributed by atoms with Crippen LogP contribution in [-0.4, -0.2) is 54.0 Å². The van der Waals surface area contributed by atoms with E-state index in [0.29, 0.717) is 38.2 Å². The number of rotatable bonds is 4. The molecule has 0 unspecified atom stereocenters. The summed E-state index contributed by atoms with van der Waals surface area (Å²) >= 11 is 3.27. The van der Waals surface area contributed by atoms with Crippen LogP contribution in [0.2, 0.25) is 0 Å². The fourth-order valence-electron chi connectivity index (χ4n) is 2.75. The number of carbonyl (C=O) groups is 2. The Balaban J connectivity index is 1.54. The van der Waals surface area contributed by atoms with Crippen molar-refractivity contribution in [2.75, 3.05) is 32.4 Å². The number of hydrogen-bond donors (Lipinski definition) is 0. The van der Waals surface area contributed by atoms with Crippen molar-refractivity contribution in [3.05, 3.63) is 52.2 Å². The summed E-state index contributed by atoms with van der Waals surface area (Å²) in [5, 5.41) is 1.99. The Bertz CT molecular complexity index is 690. The number of thioether (sulfide) groups is 1. The number of thiophene rings is 1. The van der Waals surface area contributed by atoms with Crippen LogP contribution in [0.25, 0.3) is 0 Å². The Labute approximate surface area is 150 Å².